The van der Waals surface area contributed by atoms with E-state index in [1.165, 1.54) is 6.07 Å². The van der Waals surface area contributed by atoms with E-state index >= 15 is 0 Å². The number of carbonyl (C=O) groups excluding carboxylic acids is 2. The summed E-state index contributed by atoms with van der Waals surface area (Å²) in [6.45, 7) is 3.86. The van der Waals surface area contributed by atoms with Crippen LogP contribution in [0, 0.1) is 5.82 Å². The third kappa shape index (κ3) is 6.07. The van der Waals surface area contributed by atoms with Gasteiger partial charge in [0.2, 0.25) is 0 Å². The zero-order valence-electron chi connectivity index (χ0n) is 22.3. The summed E-state index contributed by atoms with van der Waals surface area (Å²) in [7, 11) is 1.56. The van der Waals surface area contributed by atoms with Gasteiger partial charge in [0.15, 0.2) is 0 Å². The van der Waals surface area contributed by atoms with Gasteiger partial charge in [-0.15, -0.1) is 0 Å². The van der Waals surface area contributed by atoms with Gasteiger partial charge in [-0.2, -0.15) is 0 Å². The molecule has 2 saturated heterocycles. The lowest BCUT2D eigenvalue weighted by Crippen LogP contribution is -2.50. The van der Waals surface area contributed by atoms with Crippen molar-refractivity contribution in [2.75, 3.05) is 58.1 Å². The molecular weight excluding hydrogens is 493 g/mol. The van der Waals surface area contributed by atoms with Crippen molar-refractivity contribution >= 4 is 17.9 Å². The van der Waals surface area contributed by atoms with Crippen LogP contribution in [0.5, 0.6) is 0 Å². The minimum atomic E-state index is -0.414. The number of benzene rings is 1. The molecule has 38 heavy (non-hydrogen) atoms. The molecule has 0 bridgehead atoms. The Balaban J connectivity index is 0.00000353. The summed E-state index contributed by atoms with van der Waals surface area (Å²) in [5, 5.41) is 3.11. The monoisotopic (exact) mass is 535 g/mol. The SMILES string of the molecule is COCCOC(=O)N1CC2(CCN(C3CCCCC(NC(=O)O[C@H]4CCOC4)C3)CC2)c2cc(F)ccc21.[HH]. The third-order valence-electron chi connectivity index (χ3n) is 8.67. The number of piperidine rings is 1. The van der Waals surface area contributed by atoms with E-state index < -0.39 is 6.09 Å². The summed E-state index contributed by atoms with van der Waals surface area (Å²) < 4.78 is 35.6. The van der Waals surface area contributed by atoms with Crippen molar-refractivity contribution < 1.29 is 34.4 Å². The summed E-state index contributed by atoms with van der Waals surface area (Å²) in [5.74, 6) is -0.283. The molecule has 0 aromatic heterocycles. The molecule has 3 fully saturated rings. The summed E-state index contributed by atoms with van der Waals surface area (Å²) >= 11 is 0. The van der Waals surface area contributed by atoms with E-state index in [2.05, 4.69) is 10.2 Å². The molecule has 1 saturated carbocycles. The highest BCUT2D eigenvalue weighted by molar-refractivity contribution is 5.91. The number of amides is 2. The first kappa shape index (κ1) is 27.1. The highest BCUT2D eigenvalue weighted by Crippen LogP contribution is 2.48. The molecule has 2 amide bonds. The Bertz CT molecular complexity index is 986. The molecular formula is C28H42FN3O6. The van der Waals surface area contributed by atoms with Crippen LogP contribution in [0.1, 0.15) is 58.4 Å². The first-order valence-electron chi connectivity index (χ1n) is 14.0. The average Bonchev–Trinajstić information content (AvgIpc) is 3.45. The number of rotatable bonds is 6. The van der Waals surface area contributed by atoms with E-state index in [4.69, 9.17) is 18.9 Å². The van der Waals surface area contributed by atoms with Gasteiger partial charge in [0.1, 0.15) is 18.5 Å². The highest BCUT2D eigenvalue weighted by Gasteiger charge is 2.48. The van der Waals surface area contributed by atoms with Gasteiger partial charge in [0, 0.05) is 39.0 Å². The van der Waals surface area contributed by atoms with Crippen LogP contribution in [-0.4, -0.2) is 88.4 Å². The highest BCUT2D eigenvalue weighted by atomic mass is 19.1. The Labute approximate surface area is 225 Å². The second-order valence-electron chi connectivity index (χ2n) is 11.1. The number of ether oxygens (including phenoxy) is 4. The number of anilines is 1. The van der Waals surface area contributed by atoms with Crippen molar-refractivity contribution in [1.82, 2.24) is 10.2 Å². The largest absolute Gasteiger partial charge is 0.447 e. The Morgan fingerprint density at radius 3 is 2.76 bits per heavy atom. The second kappa shape index (κ2) is 12.2. The maximum absolute atomic E-state index is 14.4. The van der Waals surface area contributed by atoms with E-state index in [9.17, 15) is 14.0 Å². The number of halogens is 1. The zero-order valence-corrected chi connectivity index (χ0v) is 22.3. The van der Waals surface area contributed by atoms with Crippen LogP contribution in [0.4, 0.5) is 19.7 Å². The lowest BCUT2D eigenvalue weighted by atomic mass is 9.74. The Morgan fingerprint density at radius 1 is 1.18 bits per heavy atom. The van der Waals surface area contributed by atoms with Crippen molar-refractivity contribution in [2.24, 2.45) is 0 Å². The Morgan fingerprint density at radius 2 is 2.00 bits per heavy atom. The molecule has 1 aliphatic carbocycles. The van der Waals surface area contributed by atoms with Crippen LogP contribution in [-0.2, 0) is 24.4 Å². The molecule has 1 aromatic rings. The predicted octanol–water partition coefficient (Wildman–Crippen LogP) is 4.22. The lowest BCUT2D eigenvalue weighted by Gasteiger charge is -2.43. The standard InChI is InChI=1S/C28H40FN3O6.H2/c1-35-14-15-37-27(34)32-19-28(24-16-20(29)6-7-25(24)32)9-11-31(12-10-28)22-5-3-2-4-21(17-22)30-26(33)38-23-8-13-36-18-23;/h6-7,16,21-23H,2-5,8-15,17-19H2,1H3,(H,30,33);1H/t21?,22?,23-;/m0./s1. The molecule has 5 rings (SSSR count). The summed E-state index contributed by atoms with van der Waals surface area (Å²) in [4.78, 5) is 29.5. The smallest absolute Gasteiger partial charge is 0.414 e. The van der Waals surface area contributed by atoms with Crippen LogP contribution >= 0.6 is 0 Å². The molecule has 212 valence electrons. The molecule has 1 aromatic carbocycles. The number of hydrogen-bond acceptors (Lipinski definition) is 7. The van der Waals surface area contributed by atoms with Gasteiger partial charge in [-0.05, 0) is 69.0 Å². The van der Waals surface area contributed by atoms with Crippen molar-refractivity contribution in [3.05, 3.63) is 29.6 Å². The van der Waals surface area contributed by atoms with Gasteiger partial charge < -0.3 is 29.2 Å². The molecule has 1 N–H and O–H groups in total. The fourth-order valence-electron chi connectivity index (χ4n) is 6.59. The molecule has 3 atom stereocenters. The first-order chi connectivity index (χ1) is 18.5. The van der Waals surface area contributed by atoms with Crippen molar-refractivity contribution in [2.45, 2.75) is 75.0 Å². The van der Waals surface area contributed by atoms with Gasteiger partial charge >= 0.3 is 12.2 Å². The van der Waals surface area contributed by atoms with Gasteiger partial charge in [-0.1, -0.05) is 12.8 Å². The van der Waals surface area contributed by atoms with Crippen LogP contribution in [0.3, 0.4) is 0 Å². The number of alkyl carbamates (subject to hydrolysis) is 1. The Kier molecular flexibility index (Phi) is 8.70. The Hall–Kier alpha value is -2.43. The minimum Gasteiger partial charge on any atom is -0.447 e. The van der Waals surface area contributed by atoms with E-state index in [1.54, 1.807) is 24.1 Å². The van der Waals surface area contributed by atoms with Crippen molar-refractivity contribution in [3.8, 4) is 0 Å². The maximum atomic E-state index is 14.4. The zero-order chi connectivity index (χ0) is 26.5. The third-order valence-corrected chi connectivity index (χ3v) is 8.67. The van der Waals surface area contributed by atoms with Gasteiger partial charge in [0.25, 0.3) is 0 Å². The molecule has 3 heterocycles. The van der Waals surface area contributed by atoms with E-state index in [0.29, 0.717) is 32.4 Å². The normalized spacial score (nSPS) is 27.1. The predicted molar refractivity (Wildman–Crippen MR) is 141 cm³/mol. The van der Waals surface area contributed by atoms with Crippen LogP contribution < -0.4 is 10.2 Å². The number of nitrogens with zero attached hydrogens (tertiary/aromatic N) is 2. The molecule has 4 aliphatic rings. The van der Waals surface area contributed by atoms with Crippen LogP contribution in [0.2, 0.25) is 0 Å². The lowest BCUT2D eigenvalue weighted by molar-refractivity contribution is 0.0765. The molecule has 0 radical (unpaired) electrons. The first-order valence-corrected chi connectivity index (χ1v) is 14.0. The molecule has 1 spiro atoms. The van der Waals surface area contributed by atoms with Crippen molar-refractivity contribution in [3.63, 3.8) is 0 Å². The second-order valence-corrected chi connectivity index (χ2v) is 11.1. The van der Waals surface area contributed by atoms with E-state index in [1.807, 2.05) is 0 Å². The number of carbonyl (C=O) groups is 2. The van der Waals surface area contributed by atoms with Gasteiger partial charge in [0.05, 0.1) is 25.5 Å². The van der Waals surface area contributed by atoms with E-state index in [-0.39, 0.29) is 37.5 Å². The topological polar surface area (TPSA) is 89.6 Å². The quantitative estimate of drug-likeness (QED) is 0.431. The summed E-state index contributed by atoms with van der Waals surface area (Å²) in [6.07, 6.45) is 6.69. The molecule has 3 aliphatic heterocycles. The summed E-state index contributed by atoms with van der Waals surface area (Å²) in [6, 6.07) is 5.17. The summed E-state index contributed by atoms with van der Waals surface area (Å²) in [5.41, 5.74) is 1.36. The molecule has 2 unspecified atom stereocenters. The van der Waals surface area contributed by atoms with Crippen molar-refractivity contribution in [1.29, 1.82) is 0 Å². The van der Waals surface area contributed by atoms with Crippen LogP contribution in [0.25, 0.3) is 0 Å². The molecule has 9 nitrogen and oxygen atoms in total. The fraction of sp³-hybridized carbons (Fsp3) is 0.714. The number of likely N-dealkylation sites (tertiary alicyclic amines) is 1. The van der Waals surface area contributed by atoms with Crippen LogP contribution in [0.15, 0.2) is 18.2 Å². The fourth-order valence-corrected chi connectivity index (χ4v) is 6.59. The molecule has 10 heteroatoms. The number of fused-ring (bicyclic) bond motifs is 2. The van der Waals surface area contributed by atoms with E-state index in [0.717, 1.165) is 75.7 Å². The number of hydrogen-bond donors (Lipinski definition) is 1. The number of methoxy groups -OCH3 is 1. The maximum Gasteiger partial charge on any atom is 0.414 e. The average molecular weight is 536 g/mol. The van der Waals surface area contributed by atoms with Gasteiger partial charge in [-0.25, -0.2) is 14.0 Å². The van der Waals surface area contributed by atoms with Gasteiger partial charge in [-0.3, -0.25) is 4.90 Å². The minimum absolute atomic E-state index is 0. The number of nitrogens with one attached hydrogen (secondary N) is 1.